The summed E-state index contributed by atoms with van der Waals surface area (Å²) in [5, 5.41) is 21.0. The minimum absolute atomic E-state index is 0.0380. The number of phenols is 1. The third kappa shape index (κ3) is 3.68. The van der Waals surface area contributed by atoms with Crippen molar-refractivity contribution in [2.75, 3.05) is 12.0 Å². The zero-order valence-electron chi connectivity index (χ0n) is 16.4. The number of rotatable bonds is 4. The molecule has 0 spiro atoms. The molecule has 0 bridgehead atoms. The van der Waals surface area contributed by atoms with Gasteiger partial charge in [0.15, 0.2) is 11.5 Å². The van der Waals surface area contributed by atoms with E-state index in [1.165, 1.54) is 18.1 Å². The van der Waals surface area contributed by atoms with Gasteiger partial charge < -0.3 is 14.9 Å². The number of methoxy groups -OCH3 is 1. The fourth-order valence-corrected chi connectivity index (χ4v) is 4.04. The Bertz CT molecular complexity index is 1210. The number of amides is 1. The third-order valence-electron chi connectivity index (χ3n) is 5.10. The number of ether oxygens (including phenoxy) is 1. The zero-order chi connectivity index (χ0) is 22.1. The highest BCUT2D eigenvalue weighted by molar-refractivity contribution is 9.10. The second kappa shape index (κ2) is 8.28. The van der Waals surface area contributed by atoms with E-state index in [2.05, 4.69) is 15.9 Å². The molecule has 3 aromatic carbocycles. The Kier molecular flexibility index (Phi) is 5.52. The highest BCUT2D eigenvalue weighted by atomic mass is 79.9. The van der Waals surface area contributed by atoms with Gasteiger partial charge in [0.25, 0.3) is 11.7 Å². The molecule has 0 aliphatic carbocycles. The lowest BCUT2D eigenvalue weighted by Crippen LogP contribution is -2.29. The highest BCUT2D eigenvalue weighted by Crippen LogP contribution is 2.44. The van der Waals surface area contributed by atoms with Crippen LogP contribution in [-0.4, -0.2) is 29.0 Å². The summed E-state index contributed by atoms with van der Waals surface area (Å²) < 4.78 is 5.95. The predicted octanol–water partition coefficient (Wildman–Crippen LogP) is 4.79. The lowest BCUT2D eigenvalue weighted by atomic mass is 9.95. The number of aliphatic hydroxyl groups excluding tert-OH is 1. The van der Waals surface area contributed by atoms with E-state index >= 15 is 0 Å². The predicted molar refractivity (Wildman–Crippen MR) is 120 cm³/mol. The van der Waals surface area contributed by atoms with E-state index in [1.807, 2.05) is 6.07 Å². The van der Waals surface area contributed by atoms with E-state index in [0.29, 0.717) is 16.8 Å². The molecule has 1 amide bonds. The molecule has 4 rings (SSSR count). The lowest BCUT2D eigenvalue weighted by Gasteiger charge is -2.26. The summed E-state index contributed by atoms with van der Waals surface area (Å²) in [6.45, 7) is 0. The number of phenolic OH excluding ortho intramolecular Hbond substituents is 1. The number of carbonyl (C=O) groups excluding carboxylic acids is 2. The molecule has 0 saturated carbocycles. The van der Waals surface area contributed by atoms with Crippen molar-refractivity contribution in [3.8, 4) is 11.5 Å². The van der Waals surface area contributed by atoms with Crippen molar-refractivity contribution >= 4 is 39.1 Å². The first-order valence-electron chi connectivity index (χ1n) is 9.41. The first-order valence-corrected chi connectivity index (χ1v) is 10.2. The lowest BCUT2D eigenvalue weighted by molar-refractivity contribution is -0.132. The van der Waals surface area contributed by atoms with Crippen molar-refractivity contribution < 1.29 is 24.5 Å². The summed E-state index contributed by atoms with van der Waals surface area (Å²) in [6.07, 6.45) is 0. The summed E-state index contributed by atoms with van der Waals surface area (Å²) in [6, 6.07) is 19.2. The van der Waals surface area contributed by atoms with E-state index in [0.717, 1.165) is 4.47 Å². The van der Waals surface area contributed by atoms with Crippen LogP contribution in [0.5, 0.6) is 11.5 Å². The second-order valence-electron chi connectivity index (χ2n) is 6.95. The number of Topliss-reactive ketones (excluding diaryl/α,β-unsaturated/α-hetero) is 1. The Morgan fingerprint density at radius 3 is 2.42 bits per heavy atom. The van der Waals surface area contributed by atoms with E-state index in [9.17, 15) is 19.8 Å². The number of benzene rings is 3. The number of nitrogens with zero attached hydrogens (tertiary/aromatic N) is 1. The van der Waals surface area contributed by atoms with Crippen molar-refractivity contribution in [1.82, 2.24) is 0 Å². The molecule has 1 unspecified atom stereocenters. The van der Waals surface area contributed by atoms with E-state index < -0.39 is 17.7 Å². The zero-order valence-corrected chi connectivity index (χ0v) is 18.0. The first-order chi connectivity index (χ1) is 14.9. The van der Waals surface area contributed by atoms with Crippen LogP contribution in [0, 0.1) is 0 Å². The molecular formula is C24H18BrNO5. The quantitative estimate of drug-likeness (QED) is 0.319. The number of anilines is 1. The summed E-state index contributed by atoms with van der Waals surface area (Å²) in [4.78, 5) is 27.5. The summed E-state index contributed by atoms with van der Waals surface area (Å²) in [5.41, 5.74) is 1.38. The highest BCUT2D eigenvalue weighted by Gasteiger charge is 2.47. The summed E-state index contributed by atoms with van der Waals surface area (Å²) in [5.74, 6) is -1.70. The fourth-order valence-electron chi connectivity index (χ4n) is 3.66. The van der Waals surface area contributed by atoms with Crippen molar-refractivity contribution in [2.45, 2.75) is 6.04 Å². The smallest absolute Gasteiger partial charge is 0.300 e. The molecule has 1 atom stereocenters. The van der Waals surface area contributed by atoms with Crippen molar-refractivity contribution in [3.05, 3.63) is 94.0 Å². The van der Waals surface area contributed by atoms with Crippen LogP contribution in [0.4, 0.5) is 5.69 Å². The SMILES string of the molecule is COc1cc(C2/C(=C(/O)c3ccccc3)C(=O)C(=O)N2c2cccc(Br)c2)ccc1O. The Hall–Kier alpha value is -3.58. The largest absolute Gasteiger partial charge is 0.507 e. The molecule has 0 aromatic heterocycles. The first kappa shape index (κ1) is 20.7. The molecule has 1 aliphatic rings. The van der Waals surface area contributed by atoms with E-state index in [4.69, 9.17) is 4.74 Å². The van der Waals surface area contributed by atoms with Gasteiger partial charge in [-0.15, -0.1) is 0 Å². The van der Waals surface area contributed by atoms with Gasteiger partial charge in [-0.2, -0.15) is 0 Å². The van der Waals surface area contributed by atoms with E-state index in [1.54, 1.807) is 60.7 Å². The third-order valence-corrected chi connectivity index (χ3v) is 5.59. The van der Waals surface area contributed by atoms with Gasteiger partial charge in [-0.05, 0) is 35.9 Å². The molecule has 1 aliphatic heterocycles. The van der Waals surface area contributed by atoms with Crippen LogP contribution in [0.1, 0.15) is 17.2 Å². The molecule has 1 fully saturated rings. The Balaban J connectivity index is 1.98. The van der Waals surface area contributed by atoms with Crippen LogP contribution in [0.15, 0.2) is 82.8 Å². The van der Waals surface area contributed by atoms with Gasteiger partial charge in [-0.1, -0.05) is 58.4 Å². The molecule has 156 valence electrons. The van der Waals surface area contributed by atoms with Crippen LogP contribution in [-0.2, 0) is 9.59 Å². The average Bonchev–Trinajstić information content (AvgIpc) is 3.05. The number of ketones is 1. The fraction of sp³-hybridized carbons (Fsp3) is 0.0833. The van der Waals surface area contributed by atoms with Gasteiger partial charge >= 0.3 is 0 Å². The molecule has 3 aromatic rings. The maximum Gasteiger partial charge on any atom is 0.300 e. The number of halogens is 1. The molecule has 31 heavy (non-hydrogen) atoms. The second-order valence-corrected chi connectivity index (χ2v) is 7.86. The number of aliphatic hydroxyl groups is 1. The van der Waals surface area contributed by atoms with Gasteiger partial charge in [-0.3, -0.25) is 14.5 Å². The molecule has 1 saturated heterocycles. The monoisotopic (exact) mass is 479 g/mol. The molecule has 2 N–H and O–H groups in total. The maximum atomic E-state index is 13.1. The molecule has 7 heteroatoms. The molecule has 1 heterocycles. The summed E-state index contributed by atoms with van der Waals surface area (Å²) in [7, 11) is 1.41. The normalized spacial score (nSPS) is 17.7. The topological polar surface area (TPSA) is 87.1 Å². The Morgan fingerprint density at radius 2 is 1.74 bits per heavy atom. The van der Waals surface area contributed by atoms with Crippen LogP contribution >= 0.6 is 15.9 Å². The maximum absolute atomic E-state index is 13.1. The Labute approximate surface area is 187 Å². The minimum Gasteiger partial charge on any atom is -0.507 e. The van der Waals surface area contributed by atoms with Crippen LogP contribution < -0.4 is 9.64 Å². The van der Waals surface area contributed by atoms with Crippen LogP contribution in [0.3, 0.4) is 0 Å². The number of hydrogen-bond donors (Lipinski definition) is 2. The van der Waals surface area contributed by atoms with Crippen LogP contribution in [0.2, 0.25) is 0 Å². The van der Waals surface area contributed by atoms with Gasteiger partial charge in [0.05, 0.1) is 18.7 Å². The van der Waals surface area contributed by atoms with Gasteiger partial charge in [0.1, 0.15) is 5.76 Å². The van der Waals surface area contributed by atoms with Crippen molar-refractivity contribution in [2.24, 2.45) is 0 Å². The number of hydrogen-bond acceptors (Lipinski definition) is 5. The minimum atomic E-state index is -0.913. The average molecular weight is 480 g/mol. The molecule has 6 nitrogen and oxygen atoms in total. The number of aromatic hydroxyl groups is 1. The Morgan fingerprint density at radius 1 is 1.00 bits per heavy atom. The van der Waals surface area contributed by atoms with Gasteiger partial charge in [0, 0.05) is 15.7 Å². The van der Waals surface area contributed by atoms with Crippen molar-refractivity contribution in [1.29, 1.82) is 0 Å². The molecule has 0 radical (unpaired) electrons. The standard InChI is InChI=1S/C24H18BrNO5/c1-31-19-12-15(10-11-18(19)27)21-20(22(28)14-6-3-2-4-7-14)23(29)24(30)26(21)17-9-5-8-16(25)13-17/h2-13,21,27-28H,1H3/b22-20-. The van der Waals surface area contributed by atoms with Gasteiger partial charge in [0.2, 0.25) is 0 Å². The number of carbonyl (C=O) groups is 2. The van der Waals surface area contributed by atoms with Crippen molar-refractivity contribution in [3.63, 3.8) is 0 Å². The molecular weight excluding hydrogens is 462 g/mol. The summed E-state index contributed by atoms with van der Waals surface area (Å²) >= 11 is 3.40. The van der Waals surface area contributed by atoms with Crippen LogP contribution in [0.25, 0.3) is 5.76 Å². The van der Waals surface area contributed by atoms with E-state index in [-0.39, 0.29) is 22.8 Å². The van der Waals surface area contributed by atoms with Gasteiger partial charge in [-0.25, -0.2) is 0 Å².